The number of hydrogen-bond acceptors (Lipinski definition) is 10. The van der Waals surface area contributed by atoms with Gasteiger partial charge in [-0.25, -0.2) is 19.4 Å². The van der Waals surface area contributed by atoms with Crippen LogP contribution >= 0.6 is 11.6 Å². The predicted octanol–water partition coefficient (Wildman–Crippen LogP) is 3.82. The van der Waals surface area contributed by atoms with Crippen LogP contribution in [0.2, 0.25) is 5.02 Å². The Hall–Kier alpha value is -5.57. The molecule has 21 heteroatoms. The number of carboxylic acid groups (broad SMARTS) is 1. The summed E-state index contributed by atoms with van der Waals surface area (Å²) in [5.74, 6) is -1.06. The number of likely N-dealkylation sites (tertiary alicyclic amines) is 1. The summed E-state index contributed by atoms with van der Waals surface area (Å²) in [7, 11) is 1.42. The number of aromatic nitrogens is 5. The lowest BCUT2D eigenvalue weighted by atomic mass is 9.90. The Morgan fingerprint density at radius 1 is 0.906 bits per heavy atom. The van der Waals surface area contributed by atoms with E-state index >= 15 is 0 Å². The van der Waals surface area contributed by atoms with Crippen molar-refractivity contribution in [2.75, 3.05) is 95.7 Å². The van der Waals surface area contributed by atoms with Gasteiger partial charge in [-0.15, -0.1) is 0 Å². The fraction of sp³-hybridized carbons (Fsp3) is 0.512. The number of alkyl halides is 3. The molecule has 4 saturated heterocycles. The summed E-state index contributed by atoms with van der Waals surface area (Å²) in [6, 6.07) is 7.73. The summed E-state index contributed by atoms with van der Waals surface area (Å²) in [5, 5.41) is 26.1. The van der Waals surface area contributed by atoms with Crippen LogP contribution in [-0.2, 0) is 22.8 Å². The van der Waals surface area contributed by atoms with Gasteiger partial charge in [-0.2, -0.15) is 18.3 Å². The van der Waals surface area contributed by atoms with E-state index in [1.165, 1.54) is 42.2 Å². The normalized spacial score (nSPS) is 21.0. The van der Waals surface area contributed by atoms with Gasteiger partial charge in [-0.3, -0.25) is 14.4 Å². The number of hydrogen-bond donors (Lipinski definition) is 5. The Morgan fingerprint density at radius 3 is 2.23 bits per heavy atom. The zero-order valence-electron chi connectivity index (χ0n) is 35.5. The van der Waals surface area contributed by atoms with Crippen molar-refractivity contribution in [3.05, 3.63) is 71.0 Å². The maximum Gasteiger partial charge on any atom is 0.435 e. The molecule has 7 heterocycles. The number of amides is 3. The zero-order valence-corrected chi connectivity index (χ0v) is 36.3. The molecule has 5 N–H and O–H groups in total. The van der Waals surface area contributed by atoms with Crippen LogP contribution in [0.25, 0.3) is 17.1 Å². The van der Waals surface area contributed by atoms with E-state index in [9.17, 15) is 37.5 Å². The van der Waals surface area contributed by atoms with Crippen molar-refractivity contribution in [1.82, 2.24) is 44.7 Å². The molecule has 64 heavy (non-hydrogen) atoms. The lowest BCUT2D eigenvalue weighted by Crippen LogP contribution is -2.62. The van der Waals surface area contributed by atoms with Gasteiger partial charge >= 0.3 is 12.1 Å². The van der Waals surface area contributed by atoms with Gasteiger partial charge in [0.05, 0.1) is 59.6 Å². The molecule has 8 rings (SSSR count). The Labute approximate surface area is 372 Å². The average molecular weight is 910 g/mol. The van der Waals surface area contributed by atoms with Crippen LogP contribution in [-0.4, -0.2) is 152 Å². The van der Waals surface area contributed by atoms with Gasteiger partial charge in [-0.1, -0.05) is 11.6 Å². The van der Waals surface area contributed by atoms with Crippen LogP contribution in [0.3, 0.4) is 0 Å². The number of halogens is 4. The molecule has 0 saturated carbocycles. The van der Waals surface area contributed by atoms with Crippen LogP contribution in [0.4, 0.5) is 24.5 Å². The van der Waals surface area contributed by atoms with Crippen LogP contribution in [0.15, 0.2) is 48.9 Å². The summed E-state index contributed by atoms with van der Waals surface area (Å²) in [4.78, 5) is 64.2. The number of quaternary nitrogens is 1. The van der Waals surface area contributed by atoms with Crippen molar-refractivity contribution in [3.8, 4) is 17.1 Å². The highest BCUT2D eigenvalue weighted by atomic mass is 35.5. The number of aliphatic carboxylic acids is 1. The molecule has 17 nitrogen and oxygen atoms in total. The molecular weight excluding hydrogens is 857 g/mol. The molecule has 0 aliphatic carbocycles. The summed E-state index contributed by atoms with van der Waals surface area (Å²) >= 11 is 6.58. The standard InChI is InChI=1S/C43H52ClF3N12O5/c1-55-35(33-24-58(54-38(33)43(45,46)47)36-5-3-31(22-51-36)50-21-27-6-10-48-11-7-27)23-52-39(55)40(62)53-30-2-4-32(34(44)18-30)42(64)57-14-12-56(13-15-57)41(63)29-8-16-59(17-9-29,26-37(60)61)25-28-19-49-20-28/h2-5,18,22-24,27-29,48-50H,6-17,19-21,25-26H2,1H3,(H-,53,60,61,62,64)/p+1. The minimum absolute atomic E-state index is 0.00214. The Bertz CT molecular complexity index is 2350. The molecule has 4 fully saturated rings. The first kappa shape index (κ1) is 45.0. The van der Waals surface area contributed by atoms with Crippen LogP contribution in [0.5, 0.6) is 0 Å². The molecule has 0 spiro atoms. The molecule has 1 aromatic carbocycles. The van der Waals surface area contributed by atoms with E-state index in [-0.39, 0.29) is 63.5 Å². The predicted molar refractivity (Wildman–Crippen MR) is 231 cm³/mol. The van der Waals surface area contributed by atoms with Gasteiger partial charge in [0.25, 0.3) is 11.8 Å². The highest BCUT2D eigenvalue weighted by Gasteiger charge is 2.43. The molecule has 4 aliphatic rings. The summed E-state index contributed by atoms with van der Waals surface area (Å²) < 4.78 is 45.9. The van der Waals surface area contributed by atoms with E-state index < -0.39 is 23.7 Å². The van der Waals surface area contributed by atoms with Crippen molar-refractivity contribution in [2.24, 2.45) is 24.8 Å². The van der Waals surface area contributed by atoms with Crippen LogP contribution in [0, 0.1) is 17.8 Å². The number of nitrogens with zero attached hydrogens (tertiary/aromatic N) is 8. The second kappa shape index (κ2) is 18.9. The number of nitrogens with one attached hydrogen (secondary N) is 4. The van der Waals surface area contributed by atoms with Gasteiger partial charge in [-0.05, 0) is 62.2 Å². The summed E-state index contributed by atoms with van der Waals surface area (Å²) in [5.41, 5.74) is -0.280. The lowest BCUT2D eigenvalue weighted by molar-refractivity contribution is -0.929. The number of benzene rings is 1. The monoisotopic (exact) mass is 909 g/mol. The van der Waals surface area contributed by atoms with Gasteiger partial charge in [0.2, 0.25) is 5.91 Å². The van der Waals surface area contributed by atoms with E-state index in [2.05, 4.69) is 36.3 Å². The minimum atomic E-state index is -4.83. The van der Waals surface area contributed by atoms with Crippen molar-refractivity contribution in [2.45, 2.75) is 31.9 Å². The summed E-state index contributed by atoms with van der Waals surface area (Å²) in [6.07, 6.45) is 2.48. The van der Waals surface area contributed by atoms with Gasteiger partial charge in [0, 0.05) is 89.4 Å². The molecule has 0 atom stereocenters. The average Bonchev–Trinajstić information content (AvgIpc) is 3.89. The first-order valence-corrected chi connectivity index (χ1v) is 22.1. The summed E-state index contributed by atoms with van der Waals surface area (Å²) in [6.45, 7) is 7.97. The molecule has 0 unspecified atom stereocenters. The molecule has 4 aromatic rings. The lowest BCUT2D eigenvalue weighted by Gasteiger charge is -2.46. The van der Waals surface area contributed by atoms with E-state index in [1.54, 1.807) is 28.1 Å². The third-order valence-electron chi connectivity index (χ3n) is 13.1. The Morgan fingerprint density at radius 2 is 1.61 bits per heavy atom. The SMILES string of the molecule is Cn1c(-c2cn(-c3ccc(NCC4CCNCC4)cn3)nc2C(F)(F)F)cnc1C(=O)Nc1ccc(C(=O)N2CCN(C(=O)C3CC[N+](CC(=O)O)(CC4CNC4)CC3)CC2)c(Cl)c1. The smallest absolute Gasteiger partial charge is 0.435 e. The number of imidazole rings is 1. The van der Waals surface area contributed by atoms with Crippen molar-refractivity contribution >= 4 is 46.7 Å². The Balaban J connectivity index is 0.863. The molecule has 4 aliphatic heterocycles. The van der Waals surface area contributed by atoms with Gasteiger partial charge < -0.3 is 45.2 Å². The third kappa shape index (κ3) is 10.0. The van der Waals surface area contributed by atoms with E-state index in [0.717, 1.165) is 62.5 Å². The highest BCUT2D eigenvalue weighted by Crippen LogP contribution is 2.37. The number of pyridine rings is 1. The first-order chi connectivity index (χ1) is 30.7. The van der Waals surface area contributed by atoms with E-state index in [4.69, 9.17) is 11.6 Å². The second-order valence-electron chi connectivity index (χ2n) is 17.4. The second-order valence-corrected chi connectivity index (χ2v) is 17.8. The fourth-order valence-electron chi connectivity index (χ4n) is 9.32. The van der Waals surface area contributed by atoms with Crippen molar-refractivity contribution in [1.29, 1.82) is 0 Å². The zero-order chi connectivity index (χ0) is 45.2. The number of carbonyl (C=O) groups excluding carboxylic acids is 3. The Kier molecular flexibility index (Phi) is 13.3. The maximum absolute atomic E-state index is 14.4. The molecule has 3 aromatic heterocycles. The largest absolute Gasteiger partial charge is 0.477 e. The quantitative estimate of drug-likeness (QED) is 0.123. The molecular formula is C43H53ClF3N12O5+. The maximum atomic E-state index is 14.4. The number of rotatable bonds is 13. The topological polar surface area (TPSA) is 192 Å². The fourth-order valence-corrected chi connectivity index (χ4v) is 9.59. The van der Waals surface area contributed by atoms with E-state index in [0.29, 0.717) is 68.4 Å². The molecule has 0 bridgehead atoms. The van der Waals surface area contributed by atoms with Gasteiger partial charge in [0.15, 0.2) is 23.9 Å². The van der Waals surface area contributed by atoms with Gasteiger partial charge in [0.1, 0.15) is 0 Å². The molecule has 342 valence electrons. The number of piperazine rings is 1. The number of carboxylic acids is 1. The third-order valence-corrected chi connectivity index (χ3v) is 13.4. The molecule has 0 radical (unpaired) electrons. The highest BCUT2D eigenvalue weighted by molar-refractivity contribution is 6.34. The number of anilines is 2. The first-order valence-electron chi connectivity index (χ1n) is 21.7. The number of carbonyl (C=O) groups is 4. The van der Waals surface area contributed by atoms with Crippen molar-refractivity contribution < 1.29 is 41.9 Å². The number of piperidine rings is 2. The van der Waals surface area contributed by atoms with Crippen LogP contribution < -0.4 is 21.3 Å². The van der Waals surface area contributed by atoms with Crippen molar-refractivity contribution in [3.63, 3.8) is 0 Å². The minimum Gasteiger partial charge on any atom is -0.477 e. The molecule has 3 amide bonds. The van der Waals surface area contributed by atoms with E-state index in [1.807, 2.05) is 0 Å². The van der Waals surface area contributed by atoms with Crippen LogP contribution in [0.1, 0.15) is 52.4 Å².